The van der Waals surface area contributed by atoms with Gasteiger partial charge in [0.1, 0.15) is 5.82 Å². The van der Waals surface area contributed by atoms with Crippen LogP contribution in [-0.2, 0) is 11.2 Å². The van der Waals surface area contributed by atoms with Gasteiger partial charge in [-0.15, -0.1) is 12.4 Å². The molecule has 156 valence electrons. The molecule has 1 aromatic carbocycles. The van der Waals surface area contributed by atoms with Gasteiger partial charge in [0.25, 0.3) is 5.91 Å². The summed E-state index contributed by atoms with van der Waals surface area (Å²) in [5, 5.41) is 0. The molecule has 7 heteroatoms. The average molecular weight is 420 g/mol. The largest absolute Gasteiger partial charge is 0.371 e. The lowest BCUT2D eigenvalue weighted by Crippen LogP contribution is -2.58. The smallest absolute Gasteiger partial charge is 0.255 e. The number of halogens is 2. The summed E-state index contributed by atoms with van der Waals surface area (Å²) in [5.41, 5.74) is 1.38. The van der Waals surface area contributed by atoms with Crippen molar-refractivity contribution in [3.8, 4) is 0 Å². The fraction of sp³-hybridized carbons (Fsp3) is 0.455. The lowest BCUT2D eigenvalue weighted by Gasteiger charge is -2.47. The summed E-state index contributed by atoms with van der Waals surface area (Å²) in [4.78, 5) is 20.8. The quantitative estimate of drug-likeness (QED) is 0.763. The highest BCUT2D eigenvalue weighted by atomic mass is 35.5. The first kappa shape index (κ1) is 21.7. The van der Waals surface area contributed by atoms with Gasteiger partial charge in [0, 0.05) is 32.4 Å². The van der Waals surface area contributed by atoms with Crippen molar-refractivity contribution in [2.75, 3.05) is 39.3 Å². The SMILES string of the molecule is Cl.O=C(c1cncc(F)c1)N1CCOC2(CCN(CCc3ccccc3)CC2)C1. The van der Waals surface area contributed by atoms with E-state index >= 15 is 0 Å². The molecule has 2 aromatic rings. The van der Waals surface area contributed by atoms with Crippen LogP contribution in [0.5, 0.6) is 0 Å². The van der Waals surface area contributed by atoms with E-state index in [0.717, 1.165) is 45.1 Å². The molecule has 2 aliphatic rings. The van der Waals surface area contributed by atoms with E-state index in [2.05, 4.69) is 34.1 Å². The molecule has 1 spiro atoms. The summed E-state index contributed by atoms with van der Waals surface area (Å²) >= 11 is 0. The van der Waals surface area contributed by atoms with Gasteiger partial charge in [0.05, 0.1) is 30.5 Å². The number of aromatic nitrogens is 1. The Labute approximate surface area is 177 Å². The third-order valence-electron chi connectivity index (χ3n) is 5.81. The van der Waals surface area contributed by atoms with Crippen molar-refractivity contribution in [2.24, 2.45) is 0 Å². The van der Waals surface area contributed by atoms with Crippen molar-refractivity contribution in [3.63, 3.8) is 0 Å². The van der Waals surface area contributed by atoms with Crippen LogP contribution in [0, 0.1) is 5.82 Å². The highest BCUT2D eigenvalue weighted by Crippen LogP contribution is 2.30. The van der Waals surface area contributed by atoms with Gasteiger partial charge in [-0.3, -0.25) is 9.78 Å². The maximum Gasteiger partial charge on any atom is 0.255 e. The number of hydrogen-bond acceptors (Lipinski definition) is 4. The second-order valence-electron chi connectivity index (χ2n) is 7.73. The number of nitrogens with zero attached hydrogens (tertiary/aromatic N) is 3. The molecular formula is C22H27ClFN3O2. The number of amides is 1. The van der Waals surface area contributed by atoms with Crippen molar-refractivity contribution in [2.45, 2.75) is 24.9 Å². The Kier molecular flexibility index (Phi) is 7.22. The maximum absolute atomic E-state index is 13.4. The van der Waals surface area contributed by atoms with Crippen LogP contribution >= 0.6 is 12.4 Å². The van der Waals surface area contributed by atoms with Gasteiger partial charge in [-0.25, -0.2) is 4.39 Å². The Morgan fingerprint density at radius 3 is 2.62 bits per heavy atom. The van der Waals surface area contributed by atoms with Crippen LogP contribution in [-0.4, -0.2) is 65.6 Å². The van der Waals surface area contributed by atoms with Gasteiger partial charge < -0.3 is 14.5 Å². The summed E-state index contributed by atoms with van der Waals surface area (Å²) in [6, 6.07) is 11.8. The van der Waals surface area contributed by atoms with Crippen molar-refractivity contribution in [1.82, 2.24) is 14.8 Å². The third-order valence-corrected chi connectivity index (χ3v) is 5.81. The fourth-order valence-electron chi connectivity index (χ4n) is 4.15. The highest BCUT2D eigenvalue weighted by Gasteiger charge is 2.41. The molecule has 4 rings (SSSR count). The normalized spacial score (nSPS) is 19.0. The van der Waals surface area contributed by atoms with Gasteiger partial charge in [-0.1, -0.05) is 30.3 Å². The van der Waals surface area contributed by atoms with E-state index in [1.165, 1.54) is 17.8 Å². The lowest BCUT2D eigenvalue weighted by molar-refractivity contribution is -0.127. The maximum atomic E-state index is 13.4. The minimum Gasteiger partial charge on any atom is -0.371 e. The number of piperidine rings is 1. The molecule has 2 saturated heterocycles. The van der Waals surface area contributed by atoms with E-state index in [0.29, 0.717) is 25.3 Å². The Morgan fingerprint density at radius 2 is 1.90 bits per heavy atom. The van der Waals surface area contributed by atoms with Crippen molar-refractivity contribution >= 4 is 18.3 Å². The van der Waals surface area contributed by atoms with Crippen LogP contribution in [0.3, 0.4) is 0 Å². The van der Waals surface area contributed by atoms with Crippen molar-refractivity contribution < 1.29 is 13.9 Å². The monoisotopic (exact) mass is 419 g/mol. The molecule has 1 amide bonds. The number of rotatable bonds is 4. The number of pyridine rings is 1. The molecule has 0 saturated carbocycles. The van der Waals surface area contributed by atoms with Crippen LogP contribution in [0.1, 0.15) is 28.8 Å². The van der Waals surface area contributed by atoms with E-state index < -0.39 is 5.82 Å². The van der Waals surface area contributed by atoms with E-state index in [-0.39, 0.29) is 23.9 Å². The van der Waals surface area contributed by atoms with Gasteiger partial charge in [0.15, 0.2) is 0 Å². The topological polar surface area (TPSA) is 45.7 Å². The average Bonchev–Trinajstić information content (AvgIpc) is 2.74. The number of benzene rings is 1. The number of ether oxygens (including phenoxy) is 1. The molecular weight excluding hydrogens is 393 g/mol. The van der Waals surface area contributed by atoms with Crippen LogP contribution < -0.4 is 0 Å². The molecule has 3 heterocycles. The van der Waals surface area contributed by atoms with Gasteiger partial charge >= 0.3 is 0 Å². The molecule has 0 N–H and O–H groups in total. The number of hydrogen-bond donors (Lipinski definition) is 0. The van der Waals surface area contributed by atoms with Crippen molar-refractivity contribution in [1.29, 1.82) is 0 Å². The van der Waals surface area contributed by atoms with Crippen LogP contribution in [0.25, 0.3) is 0 Å². The first-order chi connectivity index (χ1) is 13.6. The molecule has 0 bridgehead atoms. The molecule has 2 fully saturated rings. The van der Waals surface area contributed by atoms with Gasteiger partial charge in [-0.2, -0.15) is 0 Å². The molecule has 29 heavy (non-hydrogen) atoms. The van der Waals surface area contributed by atoms with E-state index in [9.17, 15) is 9.18 Å². The molecule has 2 aliphatic heterocycles. The summed E-state index contributed by atoms with van der Waals surface area (Å²) < 4.78 is 19.6. The zero-order chi connectivity index (χ0) is 19.4. The minimum absolute atomic E-state index is 0. The summed E-state index contributed by atoms with van der Waals surface area (Å²) in [7, 11) is 0. The lowest BCUT2D eigenvalue weighted by atomic mass is 9.89. The number of carbonyl (C=O) groups excluding carboxylic acids is 1. The molecule has 1 aromatic heterocycles. The Morgan fingerprint density at radius 1 is 1.14 bits per heavy atom. The van der Waals surface area contributed by atoms with E-state index in [1.807, 2.05) is 6.07 Å². The second kappa shape index (κ2) is 9.65. The van der Waals surface area contributed by atoms with Crippen LogP contribution in [0.2, 0.25) is 0 Å². The molecule has 0 aliphatic carbocycles. The van der Waals surface area contributed by atoms with Gasteiger partial charge in [-0.05, 0) is 30.9 Å². The summed E-state index contributed by atoms with van der Waals surface area (Å²) in [6.07, 6.45) is 5.41. The molecule has 0 radical (unpaired) electrons. The first-order valence-corrected chi connectivity index (χ1v) is 9.94. The Balaban J connectivity index is 0.00000240. The highest BCUT2D eigenvalue weighted by molar-refractivity contribution is 5.94. The molecule has 0 unspecified atom stereocenters. The zero-order valence-corrected chi connectivity index (χ0v) is 17.2. The number of carbonyl (C=O) groups is 1. The predicted octanol–water partition coefficient (Wildman–Crippen LogP) is 3.19. The van der Waals surface area contributed by atoms with E-state index in [1.54, 1.807) is 4.90 Å². The second-order valence-corrected chi connectivity index (χ2v) is 7.73. The number of morpholine rings is 1. The summed E-state index contributed by atoms with van der Waals surface area (Å²) in [6.45, 7) is 4.60. The summed E-state index contributed by atoms with van der Waals surface area (Å²) in [5.74, 6) is -0.651. The van der Waals surface area contributed by atoms with Crippen LogP contribution in [0.4, 0.5) is 4.39 Å². The van der Waals surface area contributed by atoms with E-state index in [4.69, 9.17) is 4.74 Å². The fourth-order valence-corrected chi connectivity index (χ4v) is 4.15. The van der Waals surface area contributed by atoms with Crippen LogP contribution in [0.15, 0.2) is 48.8 Å². The molecule has 0 atom stereocenters. The Hall–Kier alpha value is -2.02. The molecule has 5 nitrogen and oxygen atoms in total. The third kappa shape index (κ3) is 5.32. The predicted molar refractivity (Wildman–Crippen MR) is 112 cm³/mol. The van der Waals surface area contributed by atoms with Gasteiger partial charge in [0.2, 0.25) is 0 Å². The minimum atomic E-state index is -0.486. The Bertz CT molecular complexity index is 813. The zero-order valence-electron chi connectivity index (χ0n) is 16.4. The first-order valence-electron chi connectivity index (χ1n) is 9.94. The standard InChI is InChI=1S/C22H26FN3O2.ClH/c23-20-14-19(15-24-16-20)21(27)26-12-13-28-22(17-26)7-10-25(11-8-22)9-6-18-4-2-1-3-5-18;/h1-5,14-16H,6-13,17H2;1H. The number of likely N-dealkylation sites (tertiary alicyclic amines) is 1. The van der Waals surface area contributed by atoms with Crippen molar-refractivity contribution in [3.05, 3.63) is 65.7 Å².